The summed E-state index contributed by atoms with van der Waals surface area (Å²) in [4.78, 5) is 16.7. The Balaban J connectivity index is 1.92. The molecule has 0 unspecified atom stereocenters. The molecule has 0 aliphatic heterocycles. The van der Waals surface area contributed by atoms with Gasteiger partial charge >= 0.3 is 0 Å². The SMILES string of the molecule is CCCNC(=O)CCc1c(-c2ccccc2)nc2ccccn12. The Bertz CT molecular complexity index is 793. The number of hydrogen-bond acceptors (Lipinski definition) is 2. The van der Waals surface area contributed by atoms with Gasteiger partial charge in [-0.1, -0.05) is 43.3 Å². The molecule has 118 valence electrons. The van der Waals surface area contributed by atoms with Crippen molar-refractivity contribution in [3.05, 3.63) is 60.4 Å². The summed E-state index contributed by atoms with van der Waals surface area (Å²) in [6.07, 6.45) is 4.11. The molecule has 23 heavy (non-hydrogen) atoms. The van der Waals surface area contributed by atoms with Gasteiger partial charge in [0.2, 0.25) is 5.91 Å². The van der Waals surface area contributed by atoms with Crippen LogP contribution in [-0.4, -0.2) is 21.8 Å². The number of imidazole rings is 1. The topological polar surface area (TPSA) is 46.4 Å². The van der Waals surface area contributed by atoms with Crippen molar-refractivity contribution >= 4 is 11.6 Å². The van der Waals surface area contributed by atoms with Crippen LogP contribution in [0, 0.1) is 0 Å². The highest BCUT2D eigenvalue weighted by Crippen LogP contribution is 2.25. The van der Waals surface area contributed by atoms with Crippen molar-refractivity contribution in [1.29, 1.82) is 0 Å². The Morgan fingerprint density at radius 1 is 1.13 bits per heavy atom. The standard InChI is InChI=1S/C19H21N3O/c1-2-13-20-18(23)12-11-16-19(15-8-4-3-5-9-15)21-17-10-6-7-14-22(16)17/h3-10,14H,2,11-13H2,1H3,(H,20,23). The second-order valence-corrected chi connectivity index (χ2v) is 5.55. The highest BCUT2D eigenvalue weighted by atomic mass is 16.1. The molecule has 2 heterocycles. The molecule has 0 saturated heterocycles. The molecule has 4 nitrogen and oxygen atoms in total. The van der Waals surface area contributed by atoms with Crippen molar-refractivity contribution in [3.8, 4) is 11.3 Å². The molecule has 1 amide bonds. The molecule has 0 bridgehead atoms. The molecule has 4 heteroatoms. The van der Waals surface area contributed by atoms with E-state index in [0.29, 0.717) is 12.8 Å². The summed E-state index contributed by atoms with van der Waals surface area (Å²) >= 11 is 0. The third kappa shape index (κ3) is 3.42. The normalized spacial score (nSPS) is 10.8. The third-order valence-corrected chi connectivity index (χ3v) is 3.84. The molecular formula is C19H21N3O. The van der Waals surface area contributed by atoms with E-state index in [4.69, 9.17) is 4.98 Å². The van der Waals surface area contributed by atoms with E-state index < -0.39 is 0 Å². The monoisotopic (exact) mass is 307 g/mol. The van der Waals surface area contributed by atoms with Crippen molar-refractivity contribution < 1.29 is 4.79 Å². The number of carbonyl (C=O) groups excluding carboxylic acids is 1. The van der Waals surface area contributed by atoms with E-state index in [1.54, 1.807) is 0 Å². The van der Waals surface area contributed by atoms with Gasteiger partial charge in [-0.25, -0.2) is 4.98 Å². The van der Waals surface area contributed by atoms with Gasteiger partial charge in [0.1, 0.15) is 5.65 Å². The number of aryl methyl sites for hydroxylation is 1. The van der Waals surface area contributed by atoms with Crippen molar-refractivity contribution in [2.24, 2.45) is 0 Å². The first-order chi connectivity index (χ1) is 11.3. The molecule has 0 saturated carbocycles. The summed E-state index contributed by atoms with van der Waals surface area (Å²) in [6.45, 7) is 2.79. The lowest BCUT2D eigenvalue weighted by molar-refractivity contribution is -0.121. The zero-order valence-electron chi connectivity index (χ0n) is 13.3. The van der Waals surface area contributed by atoms with Crippen LogP contribution >= 0.6 is 0 Å². The molecule has 3 rings (SSSR count). The van der Waals surface area contributed by atoms with E-state index >= 15 is 0 Å². The Morgan fingerprint density at radius 2 is 1.91 bits per heavy atom. The van der Waals surface area contributed by atoms with Crippen molar-refractivity contribution in [1.82, 2.24) is 14.7 Å². The Kier molecular flexibility index (Phi) is 4.71. The maximum Gasteiger partial charge on any atom is 0.220 e. The number of benzene rings is 1. The maximum atomic E-state index is 11.9. The van der Waals surface area contributed by atoms with Crippen LogP contribution in [0.5, 0.6) is 0 Å². The van der Waals surface area contributed by atoms with Gasteiger partial charge < -0.3 is 9.72 Å². The summed E-state index contributed by atoms with van der Waals surface area (Å²) < 4.78 is 2.08. The minimum atomic E-state index is 0.0942. The summed E-state index contributed by atoms with van der Waals surface area (Å²) in [5.41, 5.74) is 4.04. The zero-order chi connectivity index (χ0) is 16.1. The van der Waals surface area contributed by atoms with E-state index in [0.717, 1.165) is 35.6 Å². The van der Waals surface area contributed by atoms with Crippen LogP contribution < -0.4 is 5.32 Å². The first-order valence-electron chi connectivity index (χ1n) is 8.07. The molecule has 0 aliphatic rings. The fourth-order valence-corrected chi connectivity index (χ4v) is 2.70. The van der Waals surface area contributed by atoms with Gasteiger partial charge in [0, 0.05) is 24.7 Å². The van der Waals surface area contributed by atoms with Crippen LogP contribution in [0.1, 0.15) is 25.5 Å². The predicted molar refractivity (Wildman–Crippen MR) is 92.2 cm³/mol. The summed E-state index contributed by atoms with van der Waals surface area (Å²) in [5, 5.41) is 2.93. The highest BCUT2D eigenvalue weighted by molar-refractivity contribution is 5.76. The van der Waals surface area contributed by atoms with Crippen LogP contribution in [0.2, 0.25) is 0 Å². The summed E-state index contributed by atoms with van der Waals surface area (Å²) in [5.74, 6) is 0.0942. The van der Waals surface area contributed by atoms with Gasteiger partial charge in [-0.15, -0.1) is 0 Å². The fraction of sp³-hybridized carbons (Fsp3) is 0.263. The van der Waals surface area contributed by atoms with Gasteiger partial charge in [-0.3, -0.25) is 4.79 Å². The minimum absolute atomic E-state index is 0.0942. The zero-order valence-corrected chi connectivity index (χ0v) is 13.3. The summed E-state index contributed by atoms with van der Waals surface area (Å²) in [6, 6.07) is 16.1. The number of amides is 1. The fourth-order valence-electron chi connectivity index (χ4n) is 2.70. The second-order valence-electron chi connectivity index (χ2n) is 5.55. The molecule has 0 radical (unpaired) electrons. The first-order valence-corrected chi connectivity index (χ1v) is 8.07. The van der Waals surface area contributed by atoms with Crippen LogP contribution in [0.25, 0.3) is 16.9 Å². The van der Waals surface area contributed by atoms with E-state index in [2.05, 4.69) is 28.8 Å². The van der Waals surface area contributed by atoms with Crippen LogP contribution in [0.4, 0.5) is 0 Å². The minimum Gasteiger partial charge on any atom is -0.356 e. The first kappa shape index (κ1) is 15.3. The number of nitrogens with zero attached hydrogens (tertiary/aromatic N) is 2. The molecular weight excluding hydrogens is 286 g/mol. The quantitative estimate of drug-likeness (QED) is 0.758. The number of carbonyl (C=O) groups is 1. The van der Waals surface area contributed by atoms with E-state index in [1.807, 2.05) is 42.6 Å². The van der Waals surface area contributed by atoms with Crippen molar-refractivity contribution in [2.45, 2.75) is 26.2 Å². The molecule has 0 atom stereocenters. The number of hydrogen-bond donors (Lipinski definition) is 1. The Hall–Kier alpha value is -2.62. The van der Waals surface area contributed by atoms with E-state index in [1.165, 1.54) is 0 Å². The van der Waals surface area contributed by atoms with Crippen LogP contribution in [0.15, 0.2) is 54.7 Å². The largest absolute Gasteiger partial charge is 0.356 e. The molecule has 3 aromatic rings. The third-order valence-electron chi connectivity index (χ3n) is 3.84. The van der Waals surface area contributed by atoms with Crippen molar-refractivity contribution in [3.63, 3.8) is 0 Å². The molecule has 1 N–H and O–H groups in total. The number of aromatic nitrogens is 2. The van der Waals surface area contributed by atoms with Crippen molar-refractivity contribution in [2.75, 3.05) is 6.54 Å². The van der Waals surface area contributed by atoms with Gasteiger partial charge in [-0.2, -0.15) is 0 Å². The second kappa shape index (κ2) is 7.09. The maximum absolute atomic E-state index is 11.9. The lowest BCUT2D eigenvalue weighted by Gasteiger charge is -2.06. The number of pyridine rings is 1. The number of rotatable bonds is 6. The van der Waals surface area contributed by atoms with E-state index in [-0.39, 0.29) is 5.91 Å². The van der Waals surface area contributed by atoms with Gasteiger partial charge in [-0.05, 0) is 25.0 Å². The van der Waals surface area contributed by atoms with Crippen LogP contribution in [-0.2, 0) is 11.2 Å². The molecule has 0 fully saturated rings. The molecule has 0 spiro atoms. The summed E-state index contributed by atoms with van der Waals surface area (Å²) in [7, 11) is 0. The number of fused-ring (bicyclic) bond motifs is 1. The van der Waals surface area contributed by atoms with Crippen LogP contribution in [0.3, 0.4) is 0 Å². The van der Waals surface area contributed by atoms with Gasteiger partial charge in [0.15, 0.2) is 0 Å². The lowest BCUT2D eigenvalue weighted by Crippen LogP contribution is -2.24. The smallest absolute Gasteiger partial charge is 0.220 e. The average Bonchev–Trinajstić information content (AvgIpc) is 2.97. The molecule has 1 aromatic carbocycles. The molecule has 2 aromatic heterocycles. The Labute approximate surface area is 136 Å². The van der Waals surface area contributed by atoms with E-state index in [9.17, 15) is 4.79 Å². The Morgan fingerprint density at radius 3 is 2.70 bits per heavy atom. The lowest BCUT2D eigenvalue weighted by atomic mass is 10.1. The van der Waals surface area contributed by atoms with Gasteiger partial charge in [0.25, 0.3) is 0 Å². The average molecular weight is 307 g/mol. The number of nitrogens with one attached hydrogen (secondary N) is 1. The highest BCUT2D eigenvalue weighted by Gasteiger charge is 2.14. The predicted octanol–water partition coefficient (Wildman–Crippen LogP) is 3.46. The van der Waals surface area contributed by atoms with Gasteiger partial charge in [0.05, 0.1) is 11.4 Å². The molecule has 0 aliphatic carbocycles.